The van der Waals surface area contributed by atoms with E-state index in [4.69, 9.17) is 4.74 Å². The van der Waals surface area contributed by atoms with Crippen LogP contribution in [0.4, 0.5) is 0 Å². The molecule has 0 fully saturated rings. The van der Waals surface area contributed by atoms with Crippen molar-refractivity contribution in [3.8, 4) is 0 Å². The molecule has 20 heavy (non-hydrogen) atoms. The number of benzene rings is 1. The Balaban J connectivity index is 1.98. The maximum atomic E-state index is 11.9. The molecule has 0 saturated heterocycles. The van der Waals surface area contributed by atoms with E-state index >= 15 is 0 Å². The quantitative estimate of drug-likeness (QED) is 0.622. The molecule has 2 aromatic rings. The van der Waals surface area contributed by atoms with E-state index in [0.717, 1.165) is 21.6 Å². The Hall–Kier alpha value is -2.20. The first-order chi connectivity index (χ1) is 9.61. The Kier molecular flexibility index (Phi) is 3.24. The first-order valence-electron chi connectivity index (χ1n) is 6.26. The number of carbonyl (C=O) groups excluding carboxylic acids is 1. The van der Waals surface area contributed by atoms with Crippen molar-refractivity contribution < 1.29 is 9.53 Å². The van der Waals surface area contributed by atoms with Gasteiger partial charge >= 0.3 is 5.97 Å². The summed E-state index contributed by atoms with van der Waals surface area (Å²) in [6, 6.07) is 9.88. The number of esters is 1. The van der Waals surface area contributed by atoms with Gasteiger partial charge in [0.1, 0.15) is 0 Å². The molecule has 0 bridgehead atoms. The Morgan fingerprint density at radius 1 is 1.20 bits per heavy atom. The standard InChI is InChI=1S/C16H13NO2S/c1-10-6-11(2)8-12(7-10)15-17-14(16(18)19-15)9-13-4-3-5-20-13/h3-9H,1-2H3/b14-9+. The average Bonchev–Trinajstić information content (AvgIpc) is 3.00. The summed E-state index contributed by atoms with van der Waals surface area (Å²) in [5, 5.41) is 1.96. The first kappa shape index (κ1) is 12.8. The molecule has 1 aliphatic rings. The lowest BCUT2D eigenvalue weighted by Gasteiger charge is -2.03. The van der Waals surface area contributed by atoms with Crippen molar-refractivity contribution in [2.45, 2.75) is 13.8 Å². The highest BCUT2D eigenvalue weighted by molar-refractivity contribution is 7.10. The minimum absolute atomic E-state index is 0.349. The van der Waals surface area contributed by atoms with Crippen LogP contribution in [0.5, 0.6) is 0 Å². The van der Waals surface area contributed by atoms with Crippen LogP contribution in [0.15, 0.2) is 46.4 Å². The Morgan fingerprint density at radius 3 is 2.60 bits per heavy atom. The summed E-state index contributed by atoms with van der Waals surface area (Å²) in [4.78, 5) is 17.2. The zero-order valence-corrected chi connectivity index (χ0v) is 12.0. The molecular weight excluding hydrogens is 270 g/mol. The highest BCUT2D eigenvalue weighted by atomic mass is 32.1. The van der Waals surface area contributed by atoms with Crippen molar-refractivity contribution >= 4 is 29.3 Å². The van der Waals surface area contributed by atoms with E-state index in [9.17, 15) is 4.79 Å². The van der Waals surface area contributed by atoms with Crippen molar-refractivity contribution in [1.82, 2.24) is 0 Å². The topological polar surface area (TPSA) is 38.7 Å². The molecule has 2 heterocycles. The van der Waals surface area contributed by atoms with Crippen LogP contribution in [-0.2, 0) is 9.53 Å². The highest BCUT2D eigenvalue weighted by Crippen LogP contribution is 2.22. The van der Waals surface area contributed by atoms with Gasteiger partial charge in [0.25, 0.3) is 0 Å². The van der Waals surface area contributed by atoms with Crippen molar-refractivity contribution in [3.05, 3.63) is 63.0 Å². The summed E-state index contributed by atoms with van der Waals surface area (Å²) in [5.41, 5.74) is 3.43. The number of carbonyl (C=O) groups is 1. The third kappa shape index (κ3) is 2.56. The fourth-order valence-electron chi connectivity index (χ4n) is 2.14. The van der Waals surface area contributed by atoms with E-state index < -0.39 is 5.97 Å². The second-order valence-electron chi connectivity index (χ2n) is 4.73. The summed E-state index contributed by atoms with van der Waals surface area (Å²) in [5.74, 6) is -0.0165. The lowest BCUT2D eigenvalue weighted by Crippen LogP contribution is -2.05. The van der Waals surface area contributed by atoms with Crippen LogP contribution in [0.25, 0.3) is 6.08 Å². The molecule has 3 rings (SSSR count). The van der Waals surface area contributed by atoms with Crippen LogP contribution in [0.2, 0.25) is 0 Å². The number of aliphatic imine (C=N–C) groups is 1. The van der Waals surface area contributed by atoms with Gasteiger partial charge in [0, 0.05) is 10.4 Å². The number of thiophene rings is 1. The molecule has 0 aliphatic carbocycles. The fraction of sp³-hybridized carbons (Fsp3) is 0.125. The minimum Gasteiger partial charge on any atom is -0.402 e. The van der Waals surface area contributed by atoms with Crippen LogP contribution in [0.1, 0.15) is 21.6 Å². The molecule has 0 unspecified atom stereocenters. The molecule has 0 atom stereocenters. The smallest absolute Gasteiger partial charge is 0.363 e. The number of hydrogen-bond donors (Lipinski definition) is 0. The summed E-state index contributed by atoms with van der Waals surface area (Å²) in [6.45, 7) is 4.02. The van der Waals surface area contributed by atoms with Crippen LogP contribution in [0, 0.1) is 13.8 Å². The molecule has 1 aromatic heterocycles. The fourth-order valence-corrected chi connectivity index (χ4v) is 2.79. The largest absolute Gasteiger partial charge is 0.402 e. The SMILES string of the molecule is Cc1cc(C)cc(C2=N/C(=C/c3cccs3)C(=O)O2)c1. The predicted molar refractivity (Wildman–Crippen MR) is 80.8 cm³/mol. The van der Waals surface area contributed by atoms with Crippen molar-refractivity contribution in [3.63, 3.8) is 0 Å². The van der Waals surface area contributed by atoms with Gasteiger partial charge in [-0.3, -0.25) is 0 Å². The molecule has 1 aromatic carbocycles. The third-order valence-corrected chi connectivity index (χ3v) is 3.73. The van der Waals surface area contributed by atoms with Crippen LogP contribution < -0.4 is 0 Å². The van der Waals surface area contributed by atoms with Gasteiger partial charge in [-0.05, 0) is 43.5 Å². The molecule has 0 saturated carbocycles. The van der Waals surface area contributed by atoms with Crippen LogP contribution >= 0.6 is 11.3 Å². The molecule has 0 amide bonds. The lowest BCUT2D eigenvalue weighted by atomic mass is 10.1. The van der Waals surface area contributed by atoms with Gasteiger partial charge in [0.15, 0.2) is 5.70 Å². The molecule has 1 aliphatic heterocycles. The second-order valence-corrected chi connectivity index (χ2v) is 5.71. The van der Waals surface area contributed by atoms with Crippen molar-refractivity contribution in [2.24, 2.45) is 4.99 Å². The van der Waals surface area contributed by atoms with E-state index in [2.05, 4.69) is 11.1 Å². The zero-order chi connectivity index (χ0) is 14.1. The summed E-state index contributed by atoms with van der Waals surface area (Å²) >= 11 is 1.56. The molecule has 0 radical (unpaired) electrons. The van der Waals surface area contributed by atoms with Gasteiger partial charge in [0.2, 0.25) is 5.90 Å². The summed E-state index contributed by atoms with van der Waals surface area (Å²) in [6.07, 6.45) is 1.75. The number of aryl methyl sites for hydroxylation is 2. The van der Waals surface area contributed by atoms with Gasteiger partial charge in [-0.15, -0.1) is 11.3 Å². The van der Waals surface area contributed by atoms with E-state index in [1.165, 1.54) is 0 Å². The Bertz CT molecular complexity index is 707. The first-order valence-corrected chi connectivity index (χ1v) is 7.14. The zero-order valence-electron chi connectivity index (χ0n) is 11.2. The summed E-state index contributed by atoms with van der Waals surface area (Å²) < 4.78 is 5.27. The number of nitrogens with zero attached hydrogens (tertiary/aromatic N) is 1. The molecule has 3 nitrogen and oxygen atoms in total. The van der Waals surface area contributed by atoms with E-state index in [0.29, 0.717) is 11.6 Å². The maximum Gasteiger partial charge on any atom is 0.363 e. The third-order valence-electron chi connectivity index (χ3n) is 2.91. The lowest BCUT2D eigenvalue weighted by molar-refractivity contribution is -0.129. The van der Waals surface area contributed by atoms with Gasteiger partial charge in [-0.1, -0.05) is 23.3 Å². The number of rotatable bonds is 2. The van der Waals surface area contributed by atoms with Gasteiger partial charge in [-0.2, -0.15) is 0 Å². The highest BCUT2D eigenvalue weighted by Gasteiger charge is 2.24. The Morgan fingerprint density at radius 2 is 1.95 bits per heavy atom. The van der Waals surface area contributed by atoms with Gasteiger partial charge < -0.3 is 4.74 Å². The van der Waals surface area contributed by atoms with Crippen molar-refractivity contribution in [1.29, 1.82) is 0 Å². The van der Waals surface area contributed by atoms with Crippen LogP contribution in [-0.4, -0.2) is 11.9 Å². The molecular formula is C16H13NO2S. The van der Waals surface area contributed by atoms with Crippen LogP contribution in [0.3, 0.4) is 0 Å². The monoisotopic (exact) mass is 283 g/mol. The van der Waals surface area contributed by atoms with E-state index in [1.807, 2.05) is 43.5 Å². The minimum atomic E-state index is -0.396. The Labute approximate surface area is 121 Å². The number of cyclic esters (lactones) is 1. The number of hydrogen-bond acceptors (Lipinski definition) is 4. The van der Waals surface area contributed by atoms with Crippen molar-refractivity contribution in [2.75, 3.05) is 0 Å². The number of ether oxygens (including phenoxy) is 1. The molecule has 100 valence electrons. The van der Waals surface area contributed by atoms with E-state index in [-0.39, 0.29) is 0 Å². The maximum absolute atomic E-state index is 11.9. The van der Waals surface area contributed by atoms with E-state index in [1.54, 1.807) is 17.4 Å². The average molecular weight is 283 g/mol. The van der Waals surface area contributed by atoms with Gasteiger partial charge in [-0.25, -0.2) is 9.79 Å². The summed E-state index contributed by atoms with van der Waals surface area (Å²) in [7, 11) is 0. The predicted octanol–water partition coefficient (Wildman–Crippen LogP) is 3.71. The van der Waals surface area contributed by atoms with Gasteiger partial charge in [0.05, 0.1) is 0 Å². The molecule has 0 spiro atoms. The molecule has 0 N–H and O–H groups in total. The second kappa shape index (κ2) is 5.06. The molecule has 4 heteroatoms. The normalized spacial score (nSPS) is 16.4.